The quantitative estimate of drug-likeness (QED) is 0.615. The smallest absolute Gasteiger partial charge is 0.359 e. The fourth-order valence-corrected chi connectivity index (χ4v) is 2.95. The van der Waals surface area contributed by atoms with Crippen molar-refractivity contribution in [3.05, 3.63) is 71.9 Å². The molecule has 0 saturated carbocycles. The van der Waals surface area contributed by atoms with Gasteiger partial charge in [-0.3, -0.25) is 0 Å². The Labute approximate surface area is 148 Å². The Hall–Kier alpha value is -2.88. The molecule has 0 radical (unpaired) electrons. The van der Waals surface area contributed by atoms with Gasteiger partial charge in [0.1, 0.15) is 0 Å². The zero-order valence-electron chi connectivity index (χ0n) is 14.6. The third kappa shape index (κ3) is 3.48. The summed E-state index contributed by atoms with van der Waals surface area (Å²) in [4.78, 5) is 12.5. The summed E-state index contributed by atoms with van der Waals surface area (Å²) in [5, 5.41) is 4.64. The van der Waals surface area contributed by atoms with Gasteiger partial charge in [-0.05, 0) is 25.5 Å². The topological polar surface area (TPSA) is 44.1 Å². The summed E-state index contributed by atoms with van der Waals surface area (Å²) in [6, 6.07) is 20.0. The molecule has 0 spiro atoms. The van der Waals surface area contributed by atoms with Crippen LogP contribution in [0.4, 0.5) is 0 Å². The van der Waals surface area contributed by atoms with Crippen molar-refractivity contribution in [2.24, 2.45) is 0 Å². The van der Waals surface area contributed by atoms with Gasteiger partial charge in [-0.1, -0.05) is 61.9 Å². The number of hydrogen-bond acceptors (Lipinski definition) is 3. The molecule has 128 valence electrons. The van der Waals surface area contributed by atoms with Gasteiger partial charge in [-0.25, -0.2) is 9.48 Å². The molecule has 4 heteroatoms. The van der Waals surface area contributed by atoms with Crippen LogP contribution >= 0.6 is 0 Å². The largest absolute Gasteiger partial charge is 0.461 e. The highest BCUT2D eigenvalue weighted by molar-refractivity contribution is 5.91. The molecule has 0 bridgehead atoms. The van der Waals surface area contributed by atoms with Crippen LogP contribution in [0.25, 0.3) is 16.9 Å². The van der Waals surface area contributed by atoms with E-state index in [1.165, 1.54) is 0 Å². The molecule has 0 N–H and O–H groups in total. The van der Waals surface area contributed by atoms with Crippen LogP contribution in [0.2, 0.25) is 0 Å². The van der Waals surface area contributed by atoms with Crippen LogP contribution in [0.5, 0.6) is 0 Å². The summed E-state index contributed by atoms with van der Waals surface area (Å²) < 4.78 is 7.09. The second-order valence-electron chi connectivity index (χ2n) is 5.76. The zero-order valence-corrected chi connectivity index (χ0v) is 14.6. The number of carbonyl (C=O) groups is 1. The minimum atomic E-state index is -0.363. The first-order chi connectivity index (χ1) is 12.3. The highest BCUT2D eigenvalue weighted by Gasteiger charge is 2.24. The van der Waals surface area contributed by atoms with E-state index in [1.54, 1.807) is 0 Å². The molecule has 0 atom stereocenters. The molecule has 0 unspecified atom stereocenters. The Balaban J connectivity index is 2.26. The van der Waals surface area contributed by atoms with E-state index in [0.29, 0.717) is 12.3 Å². The van der Waals surface area contributed by atoms with Crippen LogP contribution in [-0.2, 0) is 11.2 Å². The van der Waals surface area contributed by atoms with Crippen molar-refractivity contribution in [2.45, 2.75) is 26.7 Å². The van der Waals surface area contributed by atoms with E-state index in [4.69, 9.17) is 4.74 Å². The number of hydrogen-bond donors (Lipinski definition) is 0. The van der Waals surface area contributed by atoms with Crippen molar-refractivity contribution in [2.75, 3.05) is 6.61 Å². The molecule has 0 fully saturated rings. The van der Waals surface area contributed by atoms with Crippen LogP contribution in [-0.4, -0.2) is 22.4 Å². The van der Waals surface area contributed by atoms with Crippen LogP contribution in [0.1, 0.15) is 36.3 Å². The Bertz CT molecular complexity index is 839. The summed E-state index contributed by atoms with van der Waals surface area (Å²) >= 11 is 0. The van der Waals surface area contributed by atoms with Crippen molar-refractivity contribution >= 4 is 5.97 Å². The lowest BCUT2D eigenvalue weighted by atomic mass is 10.0. The van der Waals surface area contributed by atoms with Gasteiger partial charge in [0.05, 0.1) is 18.0 Å². The van der Waals surface area contributed by atoms with Gasteiger partial charge in [-0.2, -0.15) is 5.10 Å². The summed E-state index contributed by atoms with van der Waals surface area (Å²) in [6.07, 6.45) is 1.69. The van der Waals surface area contributed by atoms with Crippen LogP contribution in [0, 0.1) is 0 Å². The highest BCUT2D eigenvalue weighted by atomic mass is 16.5. The van der Waals surface area contributed by atoms with E-state index >= 15 is 0 Å². The summed E-state index contributed by atoms with van der Waals surface area (Å²) in [7, 11) is 0. The van der Waals surface area contributed by atoms with Gasteiger partial charge in [0, 0.05) is 11.1 Å². The van der Waals surface area contributed by atoms with Crippen LogP contribution < -0.4 is 0 Å². The molecular weight excluding hydrogens is 312 g/mol. The van der Waals surface area contributed by atoms with E-state index < -0.39 is 0 Å². The molecule has 0 aliphatic carbocycles. The standard InChI is InChI=1S/C21H22N2O2/c1-3-11-18-19(21(24)25-4-2)22-23(17-14-9-6-10-15-17)20(18)16-12-7-5-8-13-16/h5-10,12-15H,3-4,11H2,1-2H3. The second-order valence-corrected chi connectivity index (χ2v) is 5.76. The average Bonchev–Trinajstić information content (AvgIpc) is 3.03. The number of esters is 1. The SMILES string of the molecule is CCCc1c(C(=O)OCC)nn(-c2ccccc2)c1-c1ccccc1. The number of rotatable bonds is 6. The first-order valence-electron chi connectivity index (χ1n) is 8.66. The summed E-state index contributed by atoms with van der Waals surface area (Å²) in [6.45, 7) is 4.25. The lowest BCUT2D eigenvalue weighted by Gasteiger charge is -2.10. The molecule has 3 rings (SSSR count). The van der Waals surface area contributed by atoms with E-state index in [1.807, 2.05) is 72.3 Å². The van der Waals surface area contributed by atoms with Crippen molar-refractivity contribution in [1.82, 2.24) is 9.78 Å². The van der Waals surface area contributed by atoms with Crippen LogP contribution in [0.3, 0.4) is 0 Å². The maximum Gasteiger partial charge on any atom is 0.359 e. The zero-order chi connectivity index (χ0) is 17.6. The molecule has 0 amide bonds. The maximum atomic E-state index is 12.5. The predicted octanol–water partition coefficient (Wildman–Crippen LogP) is 4.67. The molecule has 0 aliphatic heterocycles. The van der Waals surface area contributed by atoms with Crippen LogP contribution in [0.15, 0.2) is 60.7 Å². The molecule has 0 saturated heterocycles. The van der Waals surface area contributed by atoms with E-state index in [2.05, 4.69) is 12.0 Å². The van der Waals surface area contributed by atoms with Gasteiger partial charge >= 0.3 is 5.97 Å². The Morgan fingerprint density at radius 1 is 1.00 bits per heavy atom. The molecule has 2 aromatic carbocycles. The Morgan fingerprint density at radius 3 is 2.24 bits per heavy atom. The predicted molar refractivity (Wildman–Crippen MR) is 99.0 cm³/mol. The molecule has 0 aliphatic rings. The lowest BCUT2D eigenvalue weighted by Crippen LogP contribution is -2.08. The highest BCUT2D eigenvalue weighted by Crippen LogP contribution is 2.30. The lowest BCUT2D eigenvalue weighted by molar-refractivity contribution is 0.0517. The van der Waals surface area contributed by atoms with E-state index in [0.717, 1.165) is 35.3 Å². The average molecular weight is 334 g/mol. The molecule has 3 aromatic rings. The van der Waals surface area contributed by atoms with E-state index in [9.17, 15) is 4.79 Å². The minimum absolute atomic E-state index is 0.337. The van der Waals surface area contributed by atoms with Gasteiger partial charge in [-0.15, -0.1) is 0 Å². The van der Waals surface area contributed by atoms with Gasteiger partial charge in [0.15, 0.2) is 5.69 Å². The Morgan fingerprint density at radius 2 is 1.64 bits per heavy atom. The number of aromatic nitrogens is 2. The second kappa shape index (κ2) is 7.79. The van der Waals surface area contributed by atoms with Crippen molar-refractivity contribution in [3.8, 4) is 16.9 Å². The Kier molecular flexibility index (Phi) is 5.29. The third-order valence-corrected chi connectivity index (χ3v) is 4.00. The van der Waals surface area contributed by atoms with E-state index in [-0.39, 0.29) is 5.97 Å². The molecular formula is C21H22N2O2. The monoisotopic (exact) mass is 334 g/mol. The normalized spacial score (nSPS) is 10.6. The fraction of sp³-hybridized carbons (Fsp3) is 0.238. The number of benzene rings is 2. The number of ether oxygens (including phenoxy) is 1. The molecule has 4 nitrogen and oxygen atoms in total. The molecule has 1 aromatic heterocycles. The third-order valence-electron chi connectivity index (χ3n) is 4.00. The van der Waals surface area contributed by atoms with Gasteiger partial charge in [0.2, 0.25) is 0 Å². The van der Waals surface area contributed by atoms with Crippen molar-refractivity contribution in [1.29, 1.82) is 0 Å². The minimum Gasteiger partial charge on any atom is -0.461 e. The summed E-state index contributed by atoms with van der Waals surface area (Å²) in [5.41, 5.74) is 4.27. The maximum absolute atomic E-state index is 12.5. The first-order valence-corrected chi connectivity index (χ1v) is 8.66. The number of nitrogens with zero attached hydrogens (tertiary/aromatic N) is 2. The first kappa shape index (κ1) is 17.0. The summed E-state index contributed by atoms with van der Waals surface area (Å²) in [5.74, 6) is -0.363. The van der Waals surface area contributed by atoms with Gasteiger partial charge in [0.25, 0.3) is 0 Å². The van der Waals surface area contributed by atoms with Crippen molar-refractivity contribution < 1.29 is 9.53 Å². The van der Waals surface area contributed by atoms with Gasteiger partial charge < -0.3 is 4.74 Å². The molecule has 1 heterocycles. The molecule has 25 heavy (non-hydrogen) atoms. The number of para-hydroxylation sites is 1. The fourth-order valence-electron chi connectivity index (χ4n) is 2.95. The number of carbonyl (C=O) groups excluding carboxylic acids is 1. The van der Waals surface area contributed by atoms with Crippen molar-refractivity contribution in [3.63, 3.8) is 0 Å².